The van der Waals surface area contributed by atoms with E-state index < -0.39 is 5.41 Å². The van der Waals surface area contributed by atoms with Crippen molar-refractivity contribution in [2.45, 2.75) is 40.0 Å². The van der Waals surface area contributed by atoms with E-state index in [0.29, 0.717) is 6.42 Å². The molecule has 5 heteroatoms. The second kappa shape index (κ2) is 5.40. The largest absolute Gasteiger partial charge is 0.302 e. The van der Waals surface area contributed by atoms with E-state index in [1.54, 1.807) is 0 Å². The van der Waals surface area contributed by atoms with Crippen molar-refractivity contribution in [3.8, 4) is 0 Å². The van der Waals surface area contributed by atoms with E-state index in [1.807, 2.05) is 26.8 Å². The highest BCUT2D eigenvalue weighted by molar-refractivity contribution is 7.80. The van der Waals surface area contributed by atoms with E-state index in [4.69, 9.17) is 12.2 Å². The molecule has 2 amide bonds. The van der Waals surface area contributed by atoms with Crippen LogP contribution in [0.4, 0.5) is 0 Å². The summed E-state index contributed by atoms with van der Waals surface area (Å²) in [5.41, 5.74) is -0.323. The van der Waals surface area contributed by atoms with E-state index in [-0.39, 0.29) is 16.9 Å². The molecule has 17 heavy (non-hydrogen) atoms. The zero-order chi connectivity index (χ0) is 13.1. The van der Waals surface area contributed by atoms with Gasteiger partial charge in [0, 0.05) is 0 Å². The van der Waals surface area contributed by atoms with Gasteiger partial charge in [0.2, 0.25) is 11.8 Å². The van der Waals surface area contributed by atoms with Crippen LogP contribution >= 0.6 is 12.2 Å². The lowest BCUT2D eigenvalue weighted by atomic mass is 9.73. The minimum absolute atomic E-state index is 0.0935. The van der Waals surface area contributed by atoms with Crippen molar-refractivity contribution < 1.29 is 9.59 Å². The molecule has 0 aromatic carbocycles. The third-order valence-electron chi connectivity index (χ3n) is 3.24. The summed E-state index contributed by atoms with van der Waals surface area (Å²) in [6.07, 6.45) is 4.08. The molecule has 0 radical (unpaired) electrons. The van der Waals surface area contributed by atoms with Crippen LogP contribution in [0.2, 0.25) is 0 Å². The minimum atomic E-state index is -1.09. The third kappa shape index (κ3) is 2.39. The van der Waals surface area contributed by atoms with Crippen LogP contribution in [0, 0.1) is 5.41 Å². The Kier molecular flexibility index (Phi) is 4.40. The summed E-state index contributed by atoms with van der Waals surface area (Å²) >= 11 is 4.81. The van der Waals surface area contributed by atoms with Crippen LogP contribution in [0.3, 0.4) is 0 Å². The van der Waals surface area contributed by atoms with E-state index in [1.165, 1.54) is 0 Å². The molecule has 1 aliphatic heterocycles. The standard InChI is InChI=1S/C12H18N2O2S/c1-4-6-7-12(8(3)5-2)9(15)13-11(17)14-10(12)16/h5H,4,6-7H2,1-3H3,(H2,13,14,15,16,17)/b8-5-. The van der Waals surface area contributed by atoms with Crippen molar-refractivity contribution in [1.82, 2.24) is 10.6 Å². The summed E-state index contributed by atoms with van der Waals surface area (Å²) in [6, 6.07) is 0. The van der Waals surface area contributed by atoms with E-state index >= 15 is 0 Å². The maximum Gasteiger partial charge on any atom is 0.245 e. The van der Waals surface area contributed by atoms with Gasteiger partial charge in [-0.1, -0.05) is 31.4 Å². The first kappa shape index (κ1) is 13.8. The SMILES string of the molecule is C/C=C(/C)C1(CCCC)C(=O)NC(=S)NC1=O. The second-order valence-electron chi connectivity index (χ2n) is 4.22. The van der Waals surface area contributed by atoms with Crippen molar-refractivity contribution in [2.24, 2.45) is 5.41 Å². The van der Waals surface area contributed by atoms with Gasteiger partial charge in [-0.05, 0) is 32.5 Å². The van der Waals surface area contributed by atoms with Crippen LogP contribution in [0.25, 0.3) is 0 Å². The van der Waals surface area contributed by atoms with Crippen LogP contribution in [0.5, 0.6) is 0 Å². The van der Waals surface area contributed by atoms with Crippen LogP contribution < -0.4 is 10.6 Å². The maximum absolute atomic E-state index is 12.1. The number of carbonyl (C=O) groups is 2. The highest BCUT2D eigenvalue weighted by Crippen LogP contribution is 2.35. The zero-order valence-electron chi connectivity index (χ0n) is 10.4. The fourth-order valence-corrected chi connectivity index (χ4v) is 2.21. The number of hydrogen-bond acceptors (Lipinski definition) is 3. The van der Waals surface area contributed by atoms with Gasteiger partial charge < -0.3 is 10.6 Å². The average molecular weight is 254 g/mol. The maximum atomic E-state index is 12.1. The molecule has 0 bridgehead atoms. The highest BCUT2D eigenvalue weighted by atomic mass is 32.1. The summed E-state index contributed by atoms with van der Waals surface area (Å²) in [5.74, 6) is -0.620. The van der Waals surface area contributed by atoms with E-state index in [0.717, 1.165) is 18.4 Å². The van der Waals surface area contributed by atoms with Gasteiger partial charge in [0.1, 0.15) is 5.41 Å². The number of rotatable bonds is 4. The molecule has 1 fully saturated rings. The van der Waals surface area contributed by atoms with Gasteiger partial charge >= 0.3 is 0 Å². The fourth-order valence-electron chi connectivity index (χ4n) is 2.02. The quantitative estimate of drug-likeness (QED) is 0.456. The molecule has 1 saturated heterocycles. The molecule has 4 nitrogen and oxygen atoms in total. The molecule has 2 N–H and O–H groups in total. The molecule has 0 spiro atoms. The third-order valence-corrected chi connectivity index (χ3v) is 3.45. The zero-order valence-corrected chi connectivity index (χ0v) is 11.2. The molecular weight excluding hydrogens is 236 g/mol. The number of carbonyl (C=O) groups excluding carboxylic acids is 2. The second-order valence-corrected chi connectivity index (χ2v) is 4.63. The molecule has 0 aromatic heterocycles. The van der Waals surface area contributed by atoms with Crippen molar-refractivity contribution in [3.63, 3.8) is 0 Å². The number of amides is 2. The predicted octanol–water partition coefficient (Wildman–Crippen LogP) is 1.66. The highest BCUT2D eigenvalue weighted by Gasteiger charge is 2.49. The van der Waals surface area contributed by atoms with Crippen molar-refractivity contribution in [2.75, 3.05) is 0 Å². The first-order chi connectivity index (χ1) is 7.98. The van der Waals surface area contributed by atoms with Crippen LogP contribution in [0.1, 0.15) is 40.0 Å². The summed E-state index contributed by atoms with van der Waals surface area (Å²) in [5, 5.41) is 5.18. The van der Waals surface area contributed by atoms with Crippen LogP contribution in [0.15, 0.2) is 11.6 Å². The Hall–Kier alpha value is -1.23. The Balaban J connectivity index is 3.16. The number of nitrogens with one attached hydrogen (secondary N) is 2. The van der Waals surface area contributed by atoms with Crippen molar-refractivity contribution in [3.05, 3.63) is 11.6 Å². The van der Waals surface area contributed by atoms with Gasteiger partial charge in [-0.25, -0.2) is 0 Å². The number of hydrogen-bond donors (Lipinski definition) is 2. The first-order valence-corrected chi connectivity index (χ1v) is 6.20. The summed E-state index contributed by atoms with van der Waals surface area (Å²) in [4.78, 5) is 24.3. The minimum Gasteiger partial charge on any atom is -0.302 e. The average Bonchev–Trinajstić information content (AvgIpc) is 2.27. The van der Waals surface area contributed by atoms with Gasteiger partial charge in [-0.2, -0.15) is 0 Å². The lowest BCUT2D eigenvalue weighted by Crippen LogP contribution is -2.62. The number of thiocarbonyl (C=S) groups is 1. The summed E-state index contributed by atoms with van der Waals surface area (Å²) < 4.78 is 0. The smallest absolute Gasteiger partial charge is 0.245 e. The lowest BCUT2D eigenvalue weighted by Gasteiger charge is -2.35. The van der Waals surface area contributed by atoms with Gasteiger partial charge in [0.15, 0.2) is 5.11 Å². The number of allylic oxidation sites excluding steroid dienone is 1. The van der Waals surface area contributed by atoms with Crippen molar-refractivity contribution in [1.29, 1.82) is 0 Å². The molecule has 0 saturated carbocycles. The Labute approximate surface area is 107 Å². The van der Waals surface area contributed by atoms with Crippen LogP contribution in [-0.4, -0.2) is 16.9 Å². The van der Waals surface area contributed by atoms with Gasteiger partial charge in [-0.15, -0.1) is 0 Å². The molecule has 0 unspecified atom stereocenters. The lowest BCUT2D eigenvalue weighted by molar-refractivity contribution is -0.141. The Morgan fingerprint density at radius 3 is 2.29 bits per heavy atom. The monoisotopic (exact) mass is 254 g/mol. The molecular formula is C12H18N2O2S. The molecule has 94 valence electrons. The Morgan fingerprint density at radius 2 is 1.88 bits per heavy atom. The molecule has 0 aromatic rings. The predicted molar refractivity (Wildman–Crippen MR) is 70.3 cm³/mol. The van der Waals surface area contributed by atoms with Crippen molar-refractivity contribution >= 4 is 29.1 Å². The summed E-state index contributed by atoms with van der Waals surface area (Å²) in [7, 11) is 0. The first-order valence-electron chi connectivity index (χ1n) is 5.79. The van der Waals surface area contributed by atoms with Gasteiger partial charge in [-0.3, -0.25) is 9.59 Å². The molecule has 1 rings (SSSR count). The topological polar surface area (TPSA) is 58.2 Å². The fraction of sp³-hybridized carbons (Fsp3) is 0.583. The summed E-state index contributed by atoms with van der Waals surface area (Å²) in [6.45, 7) is 5.67. The van der Waals surface area contributed by atoms with Gasteiger partial charge in [0.25, 0.3) is 0 Å². The Morgan fingerprint density at radius 1 is 1.35 bits per heavy atom. The van der Waals surface area contributed by atoms with Crippen LogP contribution in [-0.2, 0) is 9.59 Å². The normalized spacial score (nSPS) is 19.9. The number of unbranched alkanes of at least 4 members (excludes halogenated alkanes) is 1. The molecule has 0 atom stereocenters. The van der Waals surface area contributed by atoms with Gasteiger partial charge in [0.05, 0.1) is 0 Å². The molecule has 1 aliphatic rings. The Bertz CT molecular complexity index is 368. The van der Waals surface area contributed by atoms with E-state index in [2.05, 4.69) is 10.6 Å². The van der Waals surface area contributed by atoms with E-state index in [9.17, 15) is 9.59 Å². The molecule has 0 aliphatic carbocycles. The molecule has 1 heterocycles.